The number of hydrogen-bond donors (Lipinski definition) is 2. The van der Waals surface area contributed by atoms with E-state index in [1.165, 1.54) is 0 Å². The molecule has 0 aromatic carbocycles. The first-order valence-corrected chi connectivity index (χ1v) is 6.52. The van der Waals surface area contributed by atoms with Crippen LogP contribution >= 0.6 is 0 Å². The second-order valence-corrected chi connectivity index (χ2v) is 6.46. The molecule has 1 aliphatic heterocycles. The van der Waals surface area contributed by atoms with E-state index in [1.807, 2.05) is 0 Å². The first-order valence-electron chi connectivity index (χ1n) is 6.52. The molecule has 0 bridgehead atoms. The van der Waals surface area contributed by atoms with E-state index in [-0.39, 0.29) is 12.3 Å². The molecule has 2 fully saturated rings. The van der Waals surface area contributed by atoms with E-state index < -0.39 is 23.2 Å². The molecule has 0 spiro atoms. The number of ether oxygens (including phenoxy) is 2. The maximum absolute atomic E-state index is 11.9. The highest BCUT2D eigenvalue weighted by Crippen LogP contribution is 2.49. The molecule has 2 aliphatic rings. The van der Waals surface area contributed by atoms with Gasteiger partial charge in [-0.05, 0) is 33.1 Å². The van der Waals surface area contributed by atoms with Crippen molar-refractivity contribution in [3.05, 3.63) is 0 Å². The third-order valence-electron chi connectivity index (χ3n) is 3.75. The molecule has 0 aromatic rings. The van der Waals surface area contributed by atoms with Gasteiger partial charge in [-0.15, -0.1) is 0 Å². The fourth-order valence-corrected chi connectivity index (χ4v) is 3.04. The van der Waals surface area contributed by atoms with Gasteiger partial charge in [0.25, 0.3) is 0 Å². The second kappa shape index (κ2) is 4.67. The number of alkyl carbamates (subject to hydrolysis) is 1. The summed E-state index contributed by atoms with van der Waals surface area (Å²) in [5.74, 6) is -0.480. The molecule has 3 unspecified atom stereocenters. The smallest absolute Gasteiger partial charge is 0.408 e. The van der Waals surface area contributed by atoms with Gasteiger partial charge in [0.05, 0.1) is 18.6 Å². The van der Waals surface area contributed by atoms with Gasteiger partial charge in [-0.25, -0.2) is 4.79 Å². The largest absolute Gasteiger partial charge is 0.481 e. The van der Waals surface area contributed by atoms with E-state index in [9.17, 15) is 9.59 Å². The Morgan fingerprint density at radius 2 is 2.11 bits per heavy atom. The summed E-state index contributed by atoms with van der Waals surface area (Å²) in [6, 6.07) is 0. The Morgan fingerprint density at radius 3 is 2.63 bits per heavy atom. The van der Waals surface area contributed by atoms with Crippen LogP contribution < -0.4 is 5.32 Å². The number of rotatable bonds is 3. The maximum atomic E-state index is 11.9. The van der Waals surface area contributed by atoms with Crippen molar-refractivity contribution in [3.8, 4) is 0 Å². The first kappa shape index (κ1) is 14.1. The number of nitrogens with one attached hydrogen (secondary N) is 1. The highest BCUT2D eigenvalue weighted by Gasteiger charge is 2.58. The summed E-state index contributed by atoms with van der Waals surface area (Å²) in [7, 11) is 0. The van der Waals surface area contributed by atoms with Crippen molar-refractivity contribution in [2.24, 2.45) is 11.8 Å². The summed E-state index contributed by atoms with van der Waals surface area (Å²) in [5, 5.41) is 11.8. The average Bonchev–Trinajstić information content (AvgIpc) is 2.55. The molecule has 19 heavy (non-hydrogen) atoms. The normalized spacial score (nSPS) is 33.2. The van der Waals surface area contributed by atoms with Crippen LogP contribution in [0.2, 0.25) is 0 Å². The fraction of sp³-hybridized carbons (Fsp3) is 0.846. The molecule has 6 nitrogen and oxygen atoms in total. The highest BCUT2D eigenvalue weighted by atomic mass is 16.6. The van der Waals surface area contributed by atoms with Crippen LogP contribution in [0.25, 0.3) is 0 Å². The first-order chi connectivity index (χ1) is 8.72. The SMILES string of the molecule is CC(C)(C)OC(=O)NC1(CC(=O)O)CC2COCC21. The predicted molar refractivity (Wildman–Crippen MR) is 66.8 cm³/mol. The van der Waals surface area contributed by atoms with Gasteiger partial charge in [0.1, 0.15) is 5.60 Å². The van der Waals surface area contributed by atoms with Crippen LogP contribution in [0, 0.1) is 11.8 Å². The van der Waals surface area contributed by atoms with E-state index in [2.05, 4.69) is 5.32 Å². The molecule has 1 saturated heterocycles. The van der Waals surface area contributed by atoms with Gasteiger partial charge in [-0.1, -0.05) is 0 Å². The van der Waals surface area contributed by atoms with E-state index in [0.29, 0.717) is 25.6 Å². The van der Waals surface area contributed by atoms with Crippen LogP contribution in [0.5, 0.6) is 0 Å². The Labute approximate surface area is 112 Å². The molecular weight excluding hydrogens is 250 g/mol. The van der Waals surface area contributed by atoms with Gasteiger partial charge in [0, 0.05) is 12.5 Å². The van der Waals surface area contributed by atoms with Crippen LogP contribution in [0.1, 0.15) is 33.6 Å². The van der Waals surface area contributed by atoms with Crippen molar-refractivity contribution in [2.75, 3.05) is 13.2 Å². The molecule has 0 aromatic heterocycles. The zero-order chi connectivity index (χ0) is 14.3. The number of fused-ring (bicyclic) bond motifs is 1. The number of carboxylic acids is 1. The number of carbonyl (C=O) groups excluding carboxylic acids is 1. The Kier molecular flexibility index (Phi) is 3.47. The van der Waals surface area contributed by atoms with Gasteiger partial charge in [-0.3, -0.25) is 4.79 Å². The lowest BCUT2D eigenvalue weighted by Crippen LogP contribution is -2.65. The Bertz CT molecular complexity index is 389. The van der Waals surface area contributed by atoms with Crippen LogP contribution in [0.4, 0.5) is 4.79 Å². The third kappa shape index (κ3) is 3.00. The number of carbonyl (C=O) groups is 2. The maximum Gasteiger partial charge on any atom is 0.408 e. The lowest BCUT2D eigenvalue weighted by Gasteiger charge is -2.50. The van der Waals surface area contributed by atoms with E-state index >= 15 is 0 Å². The van der Waals surface area contributed by atoms with Crippen molar-refractivity contribution in [1.82, 2.24) is 5.32 Å². The van der Waals surface area contributed by atoms with Crippen LogP contribution in [0.15, 0.2) is 0 Å². The highest BCUT2D eigenvalue weighted by molar-refractivity contribution is 5.73. The van der Waals surface area contributed by atoms with Crippen molar-refractivity contribution < 1.29 is 24.2 Å². The van der Waals surface area contributed by atoms with Crippen LogP contribution in [0.3, 0.4) is 0 Å². The molecule has 6 heteroatoms. The summed E-state index contributed by atoms with van der Waals surface area (Å²) < 4.78 is 10.6. The van der Waals surface area contributed by atoms with Gasteiger partial charge in [-0.2, -0.15) is 0 Å². The lowest BCUT2D eigenvalue weighted by atomic mass is 9.59. The van der Waals surface area contributed by atoms with Crippen molar-refractivity contribution in [3.63, 3.8) is 0 Å². The Morgan fingerprint density at radius 1 is 1.42 bits per heavy atom. The minimum atomic E-state index is -0.915. The van der Waals surface area contributed by atoms with Crippen LogP contribution in [-0.2, 0) is 14.3 Å². The number of hydrogen-bond acceptors (Lipinski definition) is 4. The average molecular weight is 271 g/mol. The zero-order valence-electron chi connectivity index (χ0n) is 11.6. The lowest BCUT2D eigenvalue weighted by molar-refractivity contribution is -0.141. The van der Waals surface area contributed by atoms with E-state index in [1.54, 1.807) is 20.8 Å². The molecule has 108 valence electrons. The molecular formula is C13H21NO5. The molecule has 1 heterocycles. The Hall–Kier alpha value is -1.30. The molecule has 0 radical (unpaired) electrons. The van der Waals surface area contributed by atoms with E-state index in [0.717, 1.165) is 0 Å². The number of amides is 1. The van der Waals surface area contributed by atoms with Crippen molar-refractivity contribution in [1.29, 1.82) is 0 Å². The van der Waals surface area contributed by atoms with Gasteiger partial charge >= 0.3 is 12.1 Å². The molecule has 1 amide bonds. The summed E-state index contributed by atoms with van der Waals surface area (Å²) in [6.07, 6.45) is -0.000854. The van der Waals surface area contributed by atoms with Crippen molar-refractivity contribution >= 4 is 12.1 Å². The van der Waals surface area contributed by atoms with Crippen LogP contribution in [-0.4, -0.2) is 41.5 Å². The quantitative estimate of drug-likeness (QED) is 0.810. The molecule has 2 rings (SSSR count). The topological polar surface area (TPSA) is 84.9 Å². The molecule has 2 N–H and O–H groups in total. The second-order valence-electron chi connectivity index (χ2n) is 6.46. The summed E-state index contributed by atoms with van der Waals surface area (Å²) in [6.45, 7) is 6.49. The summed E-state index contributed by atoms with van der Waals surface area (Å²) in [5.41, 5.74) is -1.31. The molecule has 1 aliphatic carbocycles. The monoisotopic (exact) mass is 271 g/mol. The fourth-order valence-electron chi connectivity index (χ4n) is 3.04. The zero-order valence-corrected chi connectivity index (χ0v) is 11.6. The number of aliphatic carboxylic acids is 1. The van der Waals surface area contributed by atoms with Crippen molar-refractivity contribution in [2.45, 2.75) is 44.8 Å². The predicted octanol–water partition coefficient (Wildman–Crippen LogP) is 1.39. The third-order valence-corrected chi connectivity index (χ3v) is 3.75. The number of carboxylic acid groups (broad SMARTS) is 1. The van der Waals surface area contributed by atoms with Gasteiger partial charge in [0.15, 0.2) is 0 Å². The standard InChI is InChI=1S/C13H21NO5/c1-12(2,3)19-11(17)14-13(5-10(15)16)4-8-6-18-7-9(8)13/h8-9H,4-7H2,1-3H3,(H,14,17)(H,15,16). The van der Waals surface area contributed by atoms with Gasteiger partial charge < -0.3 is 19.9 Å². The van der Waals surface area contributed by atoms with Gasteiger partial charge in [0.2, 0.25) is 0 Å². The molecule has 1 saturated carbocycles. The Balaban J connectivity index is 2.03. The molecule has 3 atom stereocenters. The summed E-state index contributed by atoms with van der Waals surface area (Å²) in [4.78, 5) is 22.9. The minimum absolute atomic E-state index is 0.0797. The summed E-state index contributed by atoms with van der Waals surface area (Å²) >= 11 is 0. The van der Waals surface area contributed by atoms with E-state index in [4.69, 9.17) is 14.6 Å². The minimum Gasteiger partial charge on any atom is -0.481 e.